The van der Waals surface area contributed by atoms with Crippen LogP contribution in [0.3, 0.4) is 0 Å². The highest BCUT2D eigenvalue weighted by Crippen LogP contribution is 2.28. The van der Waals surface area contributed by atoms with Crippen molar-refractivity contribution in [1.29, 1.82) is 0 Å². The summed E-state index contributed by atoms with van der Waals surface area (Å²) in [6, 6.07) is 11.5. The average molecular weight is 338 g/mol. The smallest absolute Gasteiger partial charge is 0.0525 e. The first-order valence-corrected chi connectivity index (χ1v) is 8.56. The van der Waals surface area contributed by atoms with Gasteiger partial charge in [0.25, 0.3) is 0 Å². The van der Waals surface area contributed by atoms with E-state index >= 15 is 0 Å². The molecule has 0 amide bonds. The second-order valence-electron chi connectivity index (χ2n) is 5.07. The third-order valence-electron chi connectivity index (χ3n) is 3.22. The number of aryl methyl sites for hydroxylation is 1. The van der Waals surface area contributed by atoms with E-state index in [-0.39, 0.29) is 0 Å². The van der Waals surface area contributed by atoms with Crippen LogP contribution in [0.4, 0.5) is 5.69 Å². The number of anilines is 1. The van der Waals surface area contributed by atoms with Crippen LogP contribution in [-0.2, 0) is 11.9 Å². The summed E-state index contributed by atoms with van der Waals surface area (Å²) in [6.45, 7) is 7.64. The summed E-state index contributed by atoms with van der Waals surface area (Å²) in [7, 11) is 0. The summed E-state index contributed by atoms with van der Waals surface area (Å²) in [4.78, 5) is 3.89. The van der Waals surface area contributed by atoms with Crippen LogP contribution in [0.15, 0.2) is 35.7 Å². The van der Waals surface area contributed by atoms with Gasteiger partial charge in [-0.2, -0.15) is 0 Å². The van der Waals surface area contributed by atoms with Gasteiger partial charge in [0.1, 0.15) is 0 Å². The standard InChI is InChI=1S/C16H20BrNS/c1-12(2)18(11-15-5-4-8-19-15)16-7-6-13(3)9-14(16)10-17/h4-9,12H,10-11H2,1-3H3. The second-order valence-corrected chi connectivity index (χ2v) is 6.66. The lowest BCUT2D eigenvalue weighted by Crippen LogP contribution is -2.30. The molecular weight excluding hydrogens is 318 g/mol. The number of hydrogen-bond donors (Lipinski definition) is 0. The normalized spacial score (nSPS) is 11.0. The van der Waals surface area contributed by atoms with E-state index in [0.29, 0.717) is 6.04 Å². The first-order valence-electron chi connectivity index (χ1n) is 6.56. The molecule has 3 heteroatoms. The van der Waals surface area contributed by atoms with Crippen molar-refractivity contribution in [3.8, 4) is 0 Å². The molecule has 0 saturated carbocycles. The van der Waals surface area contributed by atoms with Crippen LogP contribution in [0.1, 0.15) is 29.9 Å². The number of thiophene rings is 1. The molecule has 0 radical (unpaired) electrons. The quantitative estimate of drug-likeness (QED) is 0.663. The molecule has 1 aromatic carbocycles. The van der Waals surface area contributed by atoms with Crippen LogP contribution in [0.5, 0.6) is 0 Å². The predicted octanol–water partition coefficient (Wildman–Crippen LogP) is 5.37. The molecule has 0 bridgehead atoms. The maximum atomic E-state index is 3.61. The van der Waals surface area contributed by atoms with E-state index < -0.39 is 0 Å². The molecule has 0 unspecified atom stereocenters. The Hall–Kier alpha value is -0.800. The van der Waals surface area contributed by atoms with E-state index in [1.165, 1.54) is 21.7 Å². The molecule has 19 heavy (non-hydrogen) atoms. The average Bonchev–Trinajstić information content (AvgIpc) is 2.89. The topological polar surface area (TPSA) is 3.24 Å². The number of hydrogen-bond acceptors (Lipinski definition) is 2. The summed E-state index contributed by atoms with van der Waals surface area (Å²) in [5, 5.41) is 3.05. The Bertz CT molecular complexity index is 520. The van der Waals surface area contributed by atoms with Crippen molar-refractivity contribution in [2.24, 2.45) is 0 Å². The molecule has 0 aliphatic carbocycles. The lowest BCUT2D eigenvalue weighted by atomic mass is 10.1. The van der Waals surface area contributed by atoms with Gasteiger partial charge in [0.05, 0.1) is 6.54 Å². The maximum absolute atomic E-state index is 3.61. The minimum atomic E-state index is 0.489. The second kappa shape index (κ2) is 6.58. The van der Waals surface area contributed by atoms with E-state index in [4.69, 9.17) is 0 Å². The van der Waals surface area contributed by atoms with Gasteiger partial charge < -0.3 is 4.90 Å². The van der Waals surface area contributed by atoms with Crippen molar-refractivity contribution >= 4 is 33.0 Å². The van der Waals surface area contributed by atoms with Gasteiger partial charge in [-0.25, -0.2) is 0 Å². The lowest BCUT2D eigenvalue weighted by molar-refractivity contribution is 0.685. The fraction of sp³-hybridized carbons (Fsp3) is 0.375. The SMILES string of the molecule is Cc1ccc(N(Cc2cccs2)C(C)C)c(CBr)c1. The molecule has 0 aliphatic rings. The number of rotatable bonds is 5. The Morgan fingerprint density at radius 2 is 2.05 bits per heavy atom. The third kappa shape index (κ3) is 3.61. The first-order chi connectivity index (χ1) is 9.11. The largest absolute Gasteiger partial charge is 0.364 e. The van der Waals surface area contributed by atoms with Crippen molar-refractivity contribution in [3.63, 3.8) is 0 Å². The molecule has 2 rings (SSSR count). The van der Waals surface area contributed by atoms with Gasteiger partial charge in [-0.05, 0) is 43.8 Å². The number of alkyl halides is 1. The van der Waals surface area contributed by atoms with E-state index in [1.807, 2.05) is 11.3 Å². The summed E-state index contributed by atoms with van der Waals surface area (Å²) in [5.74, 6) is 0. The highest BCUT2D eigenvalue weighted by Gasteiger charge is 2.15. The van der Waals surface area contributed by atoms with Gasteiger partial charge >= 0.3 is 0 Å². The van der Waals surface area contributed by atoms with Gasteiger partial charge in [0.2, 0.25) is 0 Å². The summed E-state index contributed by atoms with van der Waals surface area (Å²) < 4.78 is 0. The Morgan fingerprint density at radius 3 is 2.63 bits per heavy atom. The molecule has 0 saturated heterocycles. The molecule has 2 aromatic rings. The van der Waals surface area contributed by atoms with E-state index in [1.54, 1.807) is 0 Å². The van der Waals surface area contributed by atoms with Crippen molar-refractivity contribution in [3.05, 3.63) is 51.7 Å². The highest BCUT2D eigenvalue weighted by molar-refractivity contribution is 9.08. The minimum Gasteiger partial charge on any atom is -0.364 e. The summed E-state index contributed by atoms with van der Waals surface area (Å²) >= 11 is 5.44. The third-order valence-corrected chi connectivity index (χ3v) is 4.68. The highest BCUT2D eigenvalue weighted by atomic mass is 79.9. The first kappa shape index (κ1) is 14.6. The van der Waals surface area contributed by atoms with Crippen LogP contribution in [0.2, 0.25) is 0 Å². The van der Waals surface area contributed by atoms with Crippen molar-refractivity contribution in [2.45, 2.75) is 38.7 Å². The van der Waals surface area contributed by atoms with Crippen LogP contribution >= 0.6 is 27.3 Å². The molecule has 1 heterocycles. The molecule has 0 fully saturated rings. The molecule has 0 spiro atoms. The van der Waals surface area contributed by atoms with Crippen LogP contribution in [-0.4, -0.2) is 6.04 Å². The Kier molecular flexibility index (Phi) is 5.06. The lowest BCUT2D eigenvalue weighted by Gasteiger charge is -2.30. The maximum Gasteiger partial charge on any atom is 0.0525 e. The Labute approximate surface area is 128 Å². The van der Waals surface area contributed by atoms with Crippen LogP contribution < -0.4 is 4.90 Å². The van der Waals surface area contributed by atoms with Gasteiger partial charge in [-0.1, -0.05) is 39.7 Å². The zero-order chi connectivity index (χ0) is 13.8. The molecule has 0 N–H and O–H groups in total. The van der Waals surface area contributed by atoms with E-state index in [0.717, 1.165) is 11.9 Å². The molecule has 0 aliphatic heterocycles. The number of halogens is 1. The molecule has 1 aromatic heterocycles. The Morgan fingerprint density at radius 1 is 1.26 bits per heavy atom. The summed E-state index contributed by atoms with van der Waals surface area (Å²) in [6.07, 6.45) is 0. The molecule has 102 valence electrons. The van der Waals surface area contributed by atoms with Gasteiger partial charge in [0.15, 0.2) is 0 Å². The van der Waals surface area contributed by atoms with Gasteiger partial charge in [-0.15, -0.1) is 11.3 Å². The van der Waals surface area contributed by atoms with Crippen molar-refractivity contribution < 1.29 is 0 Å². The minimum absolute atomic E-state index is 0.489. The van der Waals surface area contributed by atoms with Gasteiger partial charge in [0, 0.05) is 21.9 Å². The Balaban J connectivity index is 2.33. The van der Waals surface area contributed by atoms with Gasteiger partial charge in [-0.3, -0.25) is 0 Å². The fourth-order valence-electron chi connectivity index (χ4n) is 2.22. The predicted molar refractivity (Wildman–Crippen MR) is 89.4 cm³/mol. The monoisotopic (exact) mass is 337 g/mol. The number of benzene rings is 1. The summed E-state index contributed by atoms with van der Waals surface area (Å²) in [5.41, 5.74) is 4.02. The van der Waals surface area contributed by atoms with E-state index in [9.17, 15) is 0 Å². The molecular formula is C16H20BrNS. The van der Waals surface area contributed by atoms with Crippen molar-refractivity contribution in [1.82, 2.24) is 0 Å². The molecule has 1 nitrogen and oxygen atoms in total. The van der Waals surface area contributed by atoms with Crippen LogP contribution in [0.25, 0.3) is 0 Å². The number of nitrogens with zero attached hydrogens (tertiary/aromatic N) is 1. The molecule has 0 atom stereocenters. The zero-order valence-corrected chi connectivity index (χ0v) is 14.1. The fourth-order valence-corrected chi connectivity index (χ4v) is 3.37. The van der Waals surface area contributed by atoms with Crippen molar-refractivity contribution in [2.75, 3.05) is 4.90 Å². The van der Waals surface area contributed by atoms with Crippen LogP contribution in [0, 0.1) is 6.92 Å². The zero-order valence-electron chi connectivity index (χ0n) is 11.7. The van der Waals surface area contributed by atoms with E-state index in [2.05, 4.69) is 77.3 Å².